The molecule has 1 aromatic rings. The van der Waals surface area contributed by atoms with Crippen LogP contribution in [0.15, 0.2) is 23.2 Å². The van der Waals surface area contributed by atoms with Gasteiger partial charge in [-0.15, -0.1) is 25.3 Å². The molecule has 64 valence electrons. The van der Waals surface area contributed by atoms with Gasteiger partial charge in [-0.2, -0.15) is 0 Å². The quantitative estimate of drug-likeness (QED) is 0.406. The lowest BCUT2D eigenvalue weighted by molar-refractivity contribution is 1.41. The van der Waals surface area contributed by atoms with Crippen LogP contribution in [0, 0.1) is 6.92 Å². The summed E-state index contributed by atoms with van der Waals surface area (Å²) in [6.07, 6.45) is 0. The van der Waals surface area contributed by atoms with Crippen molar-refractivity contribution in [3.05, 3.63) is 28.8 Å². The van der Waals surface area contributed by atoms with Gasteiger partial charge < -0.3 is 0 Å². The van der Waals surface area contributed by atoms with E-state index in [1.54, 1.807) is 6.07 Å². The van der Waals surface area contributed by atoms with E-state index in [0.717, 1.165) is 11.3 Å². The van der Waals surface area contributed by atoms with Crippen LogP contribution in [0.25, 0.3) is 0 Å². The van der Waals surface area contributed by atoms with Gasteiger partial charge in [0.15, 0.2) is 0 Å². The first-order chi connectivity index (χ1) is 5.59. The van der Waals surface area contributed by atoms with Crippen LogP contribution in [-0.4, -0.2) is 4.38 Å². The van der Waals surface area contributed by atoms with Gasteiger partial charge >= 0.3 is 0 Å². The molecule has 0 bridgehead atoms. The second kappa shape index (κ2) is 4.21. The van der Waals surface area contributed by atoms with Crippen LogP contribution in [-0.2, 0) is 0 Å². The summed E-state index contributed by atoms with van der Waals surface area (Å²) in [5.41, 5.74) is 1.86. The number of nitrogens with zero attached hydrogens (tertiary/aromatic N) is 1. The fourth-order valence-corrected chi connectivity index (χ4v) is 1.19. The molecule has 12 heavy (non-hydrogen) atoms. The highest BCUT2D eigenvalue weighted by Crippen LogP contribution is 2.23. The second-order valence-electron chi connectivity index (χ2n) is 2.34. The monoisotopic (exact) mass is 217 g/mol. The zero-order chi connectivity index (χ0) is 9.14. The first-order valence-electron chi connectivity index (χ1n) is 3.32. The van der Waals surface area contributed by atoms with Crippen LogP contribution in [0.2, 0.25) is 5.02 Å². The highest BCUT2D eigenvalue weighted by molar-refractivity contribution is 8.23. The molecule has 0 radical (unpaired) electrons. The Morgan fingerprint density at radius 3 is 2.67 bits per heavy atom. The Morgan fingerprint density at radius 2 is 2.08 bits per heavy atom. The molecule has 1 rings (SSSR count). The number of thiol groups is 2. The Balaban J connectivity index is 3.14. The maximum absolute atomic E-state index is 5.78. The highest BCUT2D eigenvalue weighted by atomic mass is 35.5. The number of halogens is 1. The molecule has 0 aromatic heterocycles. The van der Waals surface area contributed by atoms with Crippen LogP contribution in [0.5, 0.6) is 0 Å². The van der Waals surface area contributed by atoms with Crippen molar-refractivity contribution < 1.29 is 0 Å². The normalized spacial score (nSPS) is 9.67. The molecule has 0 spiro atoms. The molecular weight excluding hydrogens is 210 g/mol. The Bertz CT molecular complexity index is 319. The molecule has 1 nitrogen and oxygen atoms in total. The first kappa shape index (κ1) is 9.96. The van der Waals surface area contributed by atoms with Gasteiger partial charge in [0.1, 0.15) is 4.38 Å². The average molecular weight is 218 g/mol. The summed E-state index contributed by atoms with van der Waals surface area (Å²) in [4.78, 5) is 4.08. The molecule has 0 aliphatic rings. The average Bonchev–Trinajstić information content (AvgIpc) is 1.96. The van der Waals surface area contributed by atoms with E-state index in [9.17, 15) is 0 Å². The number of hydrogen-bond acceptors (Lipinski definition) is 1. The Labute approximate surface area is 87.7 Å². The fourth-order valence-electron chi connectivity index (χ4n) is 0.811. The van der Waals surface area contributed by atoms with Gasteiger partial charge in [0, 0.05) is 5.02 Å². The van der Waals surface area contributed by atoms with Crippen molar-refractivity contribution >= 4 is 46.9 Å². The van der Waals surface area contributed by atoms with E-state index in [-0.39, 0.29) is 0 Å². The van der Waals surface area contributed by atoms with Crippen LogP contribution >= 0.6 is 36.9 Å². The van der Waals surface area contributed by atoms with Gasteiger partial charge in [-0.25, -0.2) is 4.99 Å². The summed E-state index contributed by atoms with van der Waals surface area (Å²) in [7, 11) is 0. The minimum absolute atomic E-state index is 0.431. The number of aliphatic imine (C=N–C) groups is 1. The summed E-state index contributed by atoms with van der Waals surface area (Å²) >= 11 is 13.7. The summed E-state index contributed by atoms with van der Waals surface area (Å²) < 4.78 is 0.431. The highest BCUT2D eigenvalue weighted by Gasteiger charge is 1.96. The largest absolute Gasteiger partial charge is 0.235 e. The molecule has 0 heterocycles. The predicted octanol–water partition coefficient (Wildman–Crippen LogP) is 3.50. The standard InChI is InChI=1S/C8H8ClNS2/c1-5-2-3-6(9)4-7(5)10-8(11)12/h2-4H,1H3,(H2,10,11,12). The zero-order valence-electron chi connectivity index (χ0n) is 6.45. The number of aryl methyl sites for hydroxylation is 1. The molecule has 0 saturated carbocycles. The summed E-state index contributed by atoms with van der Waals surface area (Å²) in [6, 6.07) is 5.52. The van der Waals surface area contributed by atoms with Gasteiger partial charge in [-0.05, 0) is 24.6 Å². The summed E-state index contributed by atoms with van der Waals surface area (Å²) in [5, 5.41) is 0.669. The van der Waals surface area contributed by atoms with Crippen LogP contribution in [0.4, 0.5) is 5.69 Å². The molecule has 0 atom stereocenters. The van der Waals surface area contributed by atoms with Gasteiger partial charge in [0.2, 0.25) is 0 Å². The molecule has 0 aliphatic carbocycles. The number of hydrogen-bond donors (Lipinski definition) is 2. The third kappa shape index (κ3) is 2.73. The lowest BCUT2D eigenvalue weighted by Gasteiger charge is -1.99. The molecule has 1 aromatic carbocycles. The van der Waals surface area contributed by atoms with E-state index in [1.165, 1.54) is 0 Å². The molecular formula is C8H8ClNS2. The minimum Gasteiger partial charge on any atom is -0.235 e. The Kier molecular flexibility index (Phi) is 3.50. The third-order valence-corrected chi connectivity index (χ3v) is 1.83. The molecule has 0 unspecified atom stereocenters. The number of benzene rings is 1. The van der Waals surface area contributed by atoms with Crippen molar-refractivity contribution in [2.75, 3.05) is 0 Å². The third-order valence-electron chi connectivity index (χ3n) is 1.39. The minimum atomic E-state index is 0.431. The van der Waals surface area contributed by atoms with Crippen LogP contribution < -0.4 is 0 Å². The molecule has 0 amide bonds. The van der Waals surface area contributed by atoms with Gasteiger partial charge in [-0.3, -0.25) is 0 Å². The van der Waals surface area contributed by atoms with E-state index < -0.39 is 0 Å². The van der Waals surface area contributed by atoms with Crippen LogP contribution in [0.1, 0.15) is 5.56 Å². The lowest BCUT2D eigenvalue weighted by Crippen LogP contribution is -1.76. The van der Waals surface area contributed by atoms with Crippen molar-refractivity contribution in [1.82, 2.24) is 0 Å². The maximum atomic E-state index is 5.78. The van der Waals surface area contributed by atoms with E-state index in [0.29, 0.717) is 9.40 Å². The smallest absolute Gasteiger partial charge is 0.124 e. The first-order valence-corrected chi connectivity index (χ1v) is 4.59. The van der Waals surface area contributed by atoms with Gasteiger partial charge in [-0.1, -0.05) is 17.7 Å². The van der Waals surface area contributed by atoms with E-state index in [4.69, 9.17) is 11.6 Å². The topological polar surface area (TPSA) is 12.4 Å². The molecule has 0 saturated heterocycles. The Hall–Kier alpha value is -0.120. The fraction of sp³-hybridized carbons (Fsp3) is 0.125. The van der Waals surface area contributed by atoms with Crippen molar-refractivity contribution in [1.29, 1.82) is 0 Å². The van der Waals surface area contributed by atoms with E-state index >= 15 is 0 Å². The van der Waals surface area contributed by atoms with Gasteiger partial charge in [0.25, 0.3) is 0 Å². The second-order valence-corrected chi connectivity index (χ2v) is 3.98. The van der Waals surface area contributed by atoms with E-state index in [1.807, 2.05) is 19.1 Å². The lowest BCUT2D eigenvalue weighted by atomic mass is 10.2. The molecule has 0 aliphatic heterocycles. The predicted molar refractivity (Wildman–Crippen MR) is 61.3 cm³/mol. The molecule has 4 heteroatoms. The molecule has 0 fully saturated rings. The maximum Gasteiger partial charge on any atom is 0.124 e. The Morgan fingerprint density at radius 1 is 1.42 bits per heavy atom. The zero-order valence-corrected chi connectivity index (χ0v) is 9.00. The van der Waals surface area contributed by atoms with Gasteiger partial charge in [0.05, 0.1) is 5.69 Å². The SMILES string of the molecule is Cc1ccc(Cl)cc1N=C(S)S. The number of rotatable bonds is 1. The molecule has 0 N–H and O–H groups in total. The van der Waals surface area contributed by atoms with E-state index in [2.05, 4.69) is 30.2 Å². The van der Waals surface area contributed by atoms with Crippen molar-refractivity contribution in [3.8, 4) is 0 Å². The van der Waals surface area contributed by atoms with Crippen LogP contribution in [0.3, 0.4) is 0 Å². The van der Waals surface area contributed by atoms with Crippen molar-refractivity contribution in [2.45, 2.75) is 6.92 Å². The summed E-state index contributed by atoms with van der Waals surface area (Å²) in [5.74, 6) is 0. The van der Waals surface area contributed by atoms with Crippen molar-refractivity contribution in [3.63, 3.8) is 0 Å². The van der Waals surface area contributed by atoms with Crippen molar-refractivity contribution in [2.24, 2.45) is 4.99 Å². The summed E-state index contributed by atoms with van der Waals surface area (Å²) in [6.45, 7) is 1.96.